The number of hydrogen-bond acceptors (Lipinski definition) is 4. The minimum atomic E-state index is -0.623. The summed E-state index contributed by atoms with van der Waals surface area (Å²) in [5, 5.41) is 13.0. The number of thiocarbonyl (C=S) groups is 1. The highest BCUT2D eigenvalue weighted by molar-refractivity contribution is 7.80. The van der Waals surface area contributed by atoms with Gasteiger partial charge in [-0.2, -0.15) is 0 Å². The maximum atomic E-state index is 11.4. The molecule has 0 radical (unpaired) electrons. The number of aliphatic hydroxyl groups excluding tert-OH is 1. The molecule has 112 valence electrons. The molecule has 0 bridgehead atoms. The van der Waals surface area contributed by atoms with E-state index in [1.807, 2.05) is 0 Å². The summed E-state index contributed by atoms with van der Waals surface area (Å²) in [5.41, 5.74) is 6.63. The minimum absolute atomic E-state index is 0.0133. The number of likely N-dealkylation sites (tertiary alicyclic amines) is 1. The molecule has 1 aromatic rings. The molecule has 2 rings (SSSR count). The lowest BCUT2D eigenvalue weighted by molar-refractivity contribution is -0.121. The Morgan fingerprint density at radius 1 is 1.38 bits per heavy atom. The number of carbonyl (C=O) groups excluding carboxylic acids is 2. The Labute approximate surface area is 127 Å². The normalized spacial score (nSPS) is 21.1. The van der Waals surface area contributed by atoms with Gasteiger partial charge in [-0.15, -0.1) is 0 Å². The van der Waals surface area contributed by atoms with Gasteiger partial charge in [-0.25, -0.2) is 0 Å². The third kappa shape index (κ3) is 3.56. The highest BCUT2D eigenvalue weighted by Crippen LogP contribution is 2.20. The van der Waals surface area contributed by atoms with Gasteiger partial charge in [-0.05, 0) is 43.4 Å². The van der Waals surface area contributed by atoms with Crippen molar-refractivity contribution in [2.45, 2.75) is 25.5 Å². The first-order valence-electron chi connectivity index (χ1n) is 6.54. The molecule has 1 aliphatic rings. The number of carbonyl (C=O) groups is 2. The molecule has 1 heterocycles. The van der Waals surface area contributed by atoms with Crippen LogP contribution < -0.4 is 11.1 Å². The molecule has 1 fully saturated rings. The van der Waals surface area contributed by atoms with E-state index in [0.717, 1.165) is 0 Å². The van der Waals surface area contributed by atoms with Gasteiger partial charge in [0, 0.05) is 24.2 Å². The number of amides is 1. The smallest absolute Gasteiger partial charge is 0.240 e. The molecule has 4 N–H and O–H groups in total. The standard InChI is InChI=1S/C14H17N3O3S/c1-8(18)9-2-4-10(5-3-9)16-14(21)17-7-11(19)6-12(17)13(15)20/h2-5,11-12,19H,6-7H2,1H3,(H2,15,20)(H,16,21)/t11-,12+/m0/s1. The number of nitrogens with zero attached hydrogens (tertiary/aromatic N) is 1. The molecule has 0 aliphatic carbocycles. The van der Waals surface area contributed by atoms with Crippen molar-refractivity contribution < 1.29 is 14.7 Å². The van der Waals surface area contributed by atoms with E-state index in [1.165, 1.54) is 6.92 Å². The van der Waals surface area contributed by atoms with Gasteiger partial charge in [0.1, 0.15) is 6.04 Å². The first-order chi connectivity index (χ1) is 9.88. The number of nitrogens with two attached hydrogens (primary N) is 1. The van der Waals surface area contributed by atoms with Crippen molar-refractivity contribution in [2.75, 3.05) is 11.9 Å². The minimum Gasteiger partial charge on any atom is -0.391 e. The molecule has 1 aliphatic heterocycles. The number of aliphatic hydroxyl groups is 1. The fourth-order valence-electron chi connectivity index (χ4n) is 2.29. The van der Waals surface area contributed by atoms with Crippen LogP contribution in [0.4, 0.5) is 5.69 Å². The van der Waals surface area contributed by atoms with Crippen molar-refractivity contribution in [3.8, 4) is 0 Å². The number of rotatable bonds is 3. The number of benzene rings is 1. The zero-order valence-electron chi connectivity index (χ0n) is 11.6. The fraction of sp³-hybridized carbons (Fsp3) is 0.357. The maximum absolute atomic E-state index is 11.4. The molecule has 1 aromatic carbocycles. The Morgan fingerprint density at radius 3 is 2.52 bits per heavy atom. The number of ketones is 1. The van der Waals surface area contributed by atoms with E-state index in [9.17, 15) is 14.7 Å². The van der Waals surface area contributed by atoms with E-state index in [4.69, 9.17) is 18.0 Å². The molecular formula is C14H17N3O3S. The van der Waals surface area contributed by atoms with Crippen molar-refractivity contribution in [2.24, 2.45) is 5.73 Å². The van der Waals surface area contributed by atoms with Crippen molar-refractivity contribution in [3.05, 3.63) is 29.8 Å². The number of primary amides is 1. The Morgan fingerprint density at radius 2 is 2.00 bits per heavy atom. The van der Waals surface area contributed by atoms with Crippen LogP contribution in [0.2, 0.25) is 0 Å². The van der Waals surface area contributed by atoms with Crippen molar-refractivity contribution in [3.63, 3.8) is 0 Å². The summed E-state index contributed by atoms with van der Waals surface area (Å²) in [4.78, 5) is 24.2. The first-order valence-corrected chi connectivity index (χ1v) is 6.95. The molecular weight excluding hydrogens is 290 g/mol. The summed E-state index contributed by atoms with van der Waals surface area (Å²) in [6.45, 7) is 1.76. The predicted molar refractivity (Wildman–Crippen MR) is 83.0 cm³/mol. The van der Waals surface area contributed by atoms with Crippen LogP contribution in [0.3, 0.4) is 0 Å². The molecule has 0 aromatic heterocycles. The van der Waals surface area contributed by atoms with Crippen molar-refractivity contribution in [1.82, 2.24) is 4.90 Å². The van der Waals surface area contributed by atoms with Crippen molar-refractivity contribution >= 4 is 34.7 Å². The van der Waals surface area contributed by atoms with E-state index in [2.05, 4.69) is 5.32 Å². The van der Waals surface area contributed by atoms with Crippen LogP contribution in [0.15, 0.2) is 24.3 Å². The molecule has 0 unspecified atom stereocenters. The van der Waals surface area contributed by atoms with E-state index in [1.54, 1.807) is 29.2 Å². The third-order valence-corrected chi connectivity index (χ3v) is 3.75. The average Bonchev–Trinajstić information content (AvgIpc) is 2.82. The monoisotopic (exact) mass is 307 g/mol. The Kier molecular flexibility index (Phi) is 4.54. The average molecular weight is 307 g/mol. The summed E-state index contributed by atoms with van der Waals surface area (Å²) in [6.07, 6.45) is -0.345. The zero-order chi connectivity index (χ0) is 15.6. The second-order valence-electron chi connectivity index (χ2n) is 5.02. The molecule has 1 saturated heterocycles. The summed E-state index contributed by atoms with van der Waals surface area (Å²) in [5.74, 6) is -0.525. The topological polar surface area (TPSA) is 95.7 Å². The first kappa shape index (κ1) is 15.4. The largest absolute Gasteiger partial charge is 0.391 e. The molecule has 0 saturated carbocycles. The lowest BCUT2D eigenvalue weighted by Gasteiger charge is -2.25. The highest BCUT2D eigenvalue weighted by atomic mass is 32.1. The number of anilines is 1. The van der Waals surface area contributed by atoms with Gasteiger partial charge in [-0.3, -0.25) is 9.59 Å². The molecule has 2 atom stereocenters. The molecule has 0 spiro atoms. The van der Waals surface area contributed by atoms with Gasteiger partial charge in [-0.1, -0.05) is 0 Å². The summed E-state index contributed by atoms with van der Waals surface area (Å²) >= 11 is 5.26. The summed E-state index contributed by atoms with van der Waals surface area (Å²) in [6, 6.07) is 6.25. The fourth-order valence-corrected chi connectivity index (χ4v) is 2.61. The SMILES string of the molecule is CC(=O)c1ccc(NC(=S)N2C[C@@H](O)C[C@@H]2C(N)=O)cc1. The lowest BCUT2D eigenvalue weighted by atomic mass is 10.1. The quantitative estimate of drug-likeness (QED) is 0.556. The maximum Gasteiger partial charge on any atom is 0.240 e. The van der Waals surface area contributed by atoms with Crippen LogP contribution in [0.1, 0.15) is 23.7 Å². The van der Waals surface area contributed by atoms with Crippen LogP contribution in [0, 0.1) is 0 Å². The van der Waals surface area contributed by atoms with Crippen LogP contribution in [-0.2, 0) is 4.79 Å². The summed E-state index contributed by atoms with van der Waals surface area (Å²) < 4.78 is 0. The second-order valence-corrected chi connectivity index (χ2v) is 5.41. The number of nitrogens with one attached hydrogen (secondary N) is 1. The van der Waals surface area contributed by atoms with E-state index < -0.39 is 18.1 Å². The van der Waals surface area contributed by atoms with E-state index >= 15 is 0 Å². The van der Waals surface area contributed by atoms with Crippen LogP contribution >= 0.6 is 12.2 Å². The molecule has 7 heteroatoms. The molecule has 21 heavy (non-hydrogen) atoms. The third-order valence-electron chi connectivity index (χ3n) is 3.41. The van der Waals surface area contributed by atoms with E-state index in [0.29, 0.717) is 16.4 Å². The van der Waals surface area contributed by atoms with E-state index in [-0.39, 0.29) is 18.7 Å². The van der Waals surface area contributed by atoms with Crippen LogP contribution in [0.5, 0.6) is 0 Å². The van der Waals surface area contributed by atoms with Gasteiger partial charge in [0.2, 0.25) is 5.91 Å². The van der Waals surface area contributed by atoms with Gasteiger partial charge >= 0.3 is 0 Å². The van der Waals surface area contributed by atoms with Gasteiger partial charge in [0.25, 0.3) is 0 Å². The van der Waals surface area contributed by atoms with Gasteiger partial charge in [0.05, 0.1) is 6.10 Å². The highest BCUT2D eigenvalue weighted by Gasteiger charge is 2.36. The van der Waals surface area contributed by atoms with Crippen LogP contribution in [0.25, 0.3) is 0 Å². The van der Waals surface area contributed by atoms with Crippen LogP contribution in [-0.4, -0.2) is 45.5 Å². The second kappa shape index (κ2) is 6.19. The Balaban J connectivity index is 2.06. The molecule has 1 amide bonds. The van der Waals surface area contributed by atoms with Gasteiger partial charge < -0.3 is 21.1 Å². The zero-order valence-corrected chi connectivity index (χ0v) is 12.4. The molecule has 6 nitrogen and oxygen atoms in total. The lowest BCUT2D eigenvalue weighted by Crippen LogP contribution is -2.45. The van der Waals surface area contributed by atoms with Gasteiger partial charge in [0.15, 0.2) is 10.9 Å². The number of Topliss-reactive ketones (excluding diaryl/α,β-unsaturated/α-hetero) is 1. The number of β-amino-alcohol motifs (C(OH)–C–C–N with tert-alkyl or cyclic N) is 1. The predicted octanol–water partition coefficient (Wildman–Crippen LogP) is 0.506. The van der Waals surface area contributed by atoms with Crippen molar-refractivity contribution in [1.29, 1.82) is 0 Å². The number of hydrogen-bond donors (Lipinski definition) is 3. The summed E-state index contributed by atoms with van der Waals surface area (Å²) in [7, 11) is 0. The Hall–Kier alpha value is -1.99. The Bertz CT molecular complexity index is 573.